The quantitative estimate of drug-likeness (QED) is 0.409. The SMILES string of the molecule is CC[C@H](C)NC(=O)[C@H](C)N(Cc1cccc(OC)c1)C(=O)CCCN(c1ccc2c(c1)OCO2)S(C)(=O)=O. The Morgan fingerprint density at radius 1 is 1.11 bits per heavy atom. The summed E-state index contributed by atoms with van der Waals surface area (Å²) in [5, 5.41) is 2.94. The first kappa shape index (κ1) is 29.1. The Morgan fingerprint density at radius 3 is 2.53 bits per heavy atom. The second-order valence-corrected chi connectivity index (χ2v) is 11.3. The normalized spacial score (nSPS) is 13.9. The summed E-state index contributed by atoms with van der Waals surface area (Å²) in [7, 11) is -2.05. The van der Waals surface area contributed by atoms with Crippen LogP contribution in [0.4, 0.5) is 5.69 Å². The van der Waals surface area contributed by atoms with Crippen LogP contribution in [0.25, 0.3) is 0 Å². The van der Waals surface area contributed by atoms with E-state index in [2.05, 4.69) is 5.32 Å². The van der Waals surface area contributed by atoms with Crippen molar-refractivity contribution in [2.45, 2.75) is 58.7 Å². The predicted octanol–water partition coefficient (Wildman–Crippen LogP) is 3.30. The third-order valence-corrected chi connectivity index (χ3v) is 7.65. The molecule has 2 atom stereocenters. The molecule has 1 N–H and O–H groups in total. The molecule has 11 heteroatoms. The van der Waals surface area contributed by atoms with E-state index in [4.69, 9.17) is 14.2 Å². The Balaban J connectivity index is 1.74. The van der Waals surface area contributed by atoms with Gasteiger partial charge in [-0.2, -0.15) is 0 Å². The first-order chi connectivity index (χ1) is 18.0. The minimum atomic E-state index is -3.62. The summed E-state index contributed by atoms with van der Waals surface area (Å²) in [6.45, 7) is 5.97. The van der Waals surface area contributed by atoms with E-state index in [1.54, 1.807) is 32.2 Å². The van der Waals surface area contributed by atoms with Crippen LogP contribution < -0.4 is 23.8 Å². The fourth-order valence-corrected chi connectivity index (χ4v) is 5.02. The van der Waals surface area contributed by atoms with E-state index in [1.807, 2.05) is 38.1 Å². The van der Waals surface area contributed by atoms with Crippen molar-refractivity contribution in [2.24, 2.45) is 0 Å². The van der Waals surface area contributed by atoms with Crippen molar-refractivity contribution in [1.82, 2.24) is 10.2 Å². The van der Waals surface area contributed by atoms with E-state index < -0.39 is 16.1 Å². The average Bonchev–Trinajstić information content (AvgIpc) is 3.36. The van der Waals surface area contributed by atoms with Gasteiger partial charge in [-0.25, -0.2) is 8.42 Å². The average molecular weight is 548 g/mol. The molecule has 0 aromatic heterocycles. The van der Waals surface area contributed by atoms with Crippen molar-refractivity contribution in [3.8, 4) is 17.2 Å². The molecule has 3 rings (SSSR count). The molecule has 1 heterocycles. The topological polar surface area (TPSA) is 114 Å². The number of hydrogen-bond acceptors (Lipinski definition) is 7. The van der Waals surface area contributed by atoms with Gasteiger partial charge in [-0.1, -0.05) is 19.1 Å². The highest BCUT2D eigenvalue weighted by molar-refractivity contribution is 7.92. The Hall–Kier alpha value is -3.47. The van der Waals surface area contributed by atoms with Gasteiger partial charge in [0, 0.05) is 31.6 Å². The molecule has 2 amide bonds. The van der Waals surface area contributed by atoms with Crippen LogP contribution in [0.1, 0.15) is 45.6 Å². The Kier molecular flexibility index (Phi) is 9.84. The van der Waals surface area contributed by atoms with Crippen LogP contribution in [0.15, 0.2) is 42.5 Å². The van der Waals surface area contributed by atoms with Crippen LogP contribution in [0.2, 0.25) is 0 Å². The summed E-state index contributed by atoms with van der Waals surface area (Å²) < 4.78 is 42.4. The van der Waals surface area contributed by atoms with Gasteiger partial charge in [0.05, 0.1) is 19.1 Å². The van der Waals surface area contributed by atoms with Crippen LogP contribution in [0.5, 0.6) is 17.2 Å². The molecule has 0 fully saturated rings. The summed E-state index contributed by atoms with van der Waals surface area (Å²) in [6, 6.07) is 11.5. The van der Waals surface area contributed by atoms with E-state index in [0.29, 0.717) is 22.9 Å². The number of carbonyl (C=O) groups excluding carboxylic acids is 2. The largest absolute Gasteiger partial charge is 0.497 e. The summed E-state index contributed by atoms with van der Waals surface area (Å²) in [6.07, 6.45) is 2.20. The van der Waals surface area contributed by atoms with Crippen LogP contribution in [-0.2, 0) is 26.2 Å². The molecule has 38 heavy (non-hydrogen) atoms. The zero-order chi connectivity index (χ0) is 27.9. The number of methoxy groups -OCH3 is 1. The summed E-state index contributed by atoms with van der Waals surface area (Å²) >= 11 is 0. The van der Waals surface area contributed by atoms with Gasteiger partial charge in [0.25, 0.3) is 0 Å². The lowest BCUT2D eigenvalue weighted by atomic mass is 10.1. The molecule has 0 unspecified atom stereocenters. The molecule has 2 aromatic rings. The number of sulfonamides is 1. The Bertz CT molecular complexity index is 1230. The molecule has 0 bridgehead atoms. The Labute approximate surface area is 224 Å². The minimum absolute atomic E-state index is 0.0243. The van der Waals surface area contributed by atoms with Gasteiger partial charge in [-0.05, 0) is 56.5 Å². The molecule has 10 nitrogen and oxygen atoms in total. The van der Waals surface area contributed by atoms with Gasteiger partial charge in [0.1, 0.15) is 11.8 Å². The highest BCUT2D eigenvalue weighted by Gasteiger charge is 2.28. The van der Waals surface area contributed by atoms with E-state index in [-0.39, 0.29) is 50.6 Å². The number of hydrogen-bond donors (Lipinski definition) is 1. The van der Waals surface area contributed by atoms with Crippen LogP contribution >= 0.6 is 0 Å². The molecule has 0 spiro atoms. The lowest BCUT2D eigenvalue weighted by molar-refractivity contribution is -0.140. The first-order valence-electron chi connectivity index (χ1n) is 12.6. The van der Waals surface area contributed by atoms with Gasteiger partial charge < -0.3 is 24.4 Å². The fourth-order valence-electron chi connectivity index (χ4n) is 4.06. The fraction of sp³-hybridized carbons (Fsp3) is 0.481. The lowest BCUT2D eigenvalue weighted by Crippen LogP contribution is -2.49. The third kappa shape index (κ3) is 7.53. The second-order valence-electron chi connectivity index (χ2n) is 9.34. The van der Waals surface area contributed by atoms with Crippen molar-refractivity contribution < 1.29 is 32.2 Å². The predicted molar refractivity (Wildman–Crippen MR) is 145 cm³/mol. The minimum Gasteiger partial charge on any atom is -0.497 e. The van der Waals surface area contributed by atoms with Gasteiger partial charge >= 0.3 is 0 Å². The van der Waals surface area contributed by atoms with Gasteiger partial charge in [0.2, 0.25) is 28.6 Å². The molecule has 2 aromatic carbocycles. The Morgan fingerprint density at radius 2 is 1.84 bits per heavy atom. The van der Waals surface area contributed by atoms with Gasteiger partial charge in [-0.15, -0.1) is 0 Å². The molecule has 0 radical (unpaired) electrons. The lowest BCUT2D eigenvalue weighted by Gasteiger charge is -2.30. The highest BCUT2D eigenvalue weighted by Crippen LogP contribution is 2.36. The first-order valence-corrected chi connectivity index (χ1v) is 14.5. The smallest absolute Gasteiger partial charge is 0.242 e. The molecule has 208 valence electrons. The number of fused-ring (bicyclic) bond motifs is 1. The second kappa shape index (κ2) is 12.9. The number of nitrogens with zero attached hydrogens (tertiary/aromatic N) is 2. The molecule has 1 aliphatic rings. The molecule has 1 aliphatic heterocycles. The van der Waals surface area contributed by atoms with E-state index in [1.165, 1.54) is 9.21 Å². The van der Waals surface area contributed by atoms with Crippen molar-refractivity contribution in [2.75, 3.05) is 31.0 Å². The van der Waals surface area contributed by atoms with Crippen LogP contribution in [-0.4, -0.2) is 63.9 Å². The van der Waals surface area contributed by atoms with E-state index in [9.17, 15) is 18.0 Å². The van der Waals surface area contributed by atoms with Gasteiger partial charge in [0.15, 0.2) is 11.5 Å². The maximum atomic E-state index is 13.4. The molecular formula is C27H37N3O7S. The molecule has 0 aliphatic carbocycles. The van der Waals surface area contributed by atoms with Crippen molar-refractivity contribution in [3.63, 3.8) is 0 Å². The molecular weight excluding hydrogens is 510 g/mol. The number of rotatable bonds is 13. The summed E-state index contributed by atoms with van der Waals surface area (Å²) in [5.41, 5.74) is 1.25. The van der Waals surface area contributed by atoms with Crippen LogP contribution in [0, 0.1) is 0 Å². The molecule has 0 saturated carbocycles. The molecule has 0 saturated heterocycles. The maximum absolute atomic E-state index is 13.4. The number of carbonyl (C=O) groups is 2. The maximum Gasteiger partial charge on any atom is 0.242 e. The number of ether oxygens (including phenoxy) is 3. The number of nitrogens with one attached hydrogen (secondary N) is 1. The van der Waals surface area contributed by atoms with Crippen molar-refractivity contribution in [1.29, 1.82) is 0 Å². The highest BCUT2D eigenvalue weighted by atomic mass is 32.2. The summed E-state index contributed by atoms with van der Waals surface area (Å²) in [5.74, 6) is 1.18. The number of benzene rings is 2. The third-order valence-electron chi connectivity index (χ3n) is 6.45. The summed E-state index contributed by atoms with van der Waals surface area (Å²) in [4.78, 5) is 27.9. The number of anilines is 1. The monoisotopic (exact) mass is 547 g/mol. The number of amides is 2. The van der Waals surface area contributed by atoms with Gasteiger partial charge in [-0.3, -0.25) is 13.9 Å². The van der Waals surface area contributed by atoms with Crippen molar-refractivity contribution in [3.05, 3.63) is 48.0 Å². The van der Waals surface area contributed by atoms with Crippen LogP contribution in [0.3, 0.4) is 0 Å². The zero-order valence-corrected chi connectivity index (χ0v) is 23.4. The zero-order valence-electron chi connectivity index (χ0n) is 22.6. The van der Waals surface area contributed by atoms with E-state index >= 15 is 0 Å². The standard InChI is InChI=1S/C27H37N3O7S/c1-6-19(2)28-27(32)20(3)29(17-21-9-7-10-23(15-21)35-4)26(31)11-8-14-30(38(5,33)34)22-12-13-24-25(16-22)37-18-36-24/h7,9-10,12-13,15-16,19-20H,6,8,11,14,17-18H2,1-5H3,(H,28,32)/t19-,20-/m0/s1. The van der Waals surface area contributed by atoms with E-state index in [0.717, 1.165) is 18.2 Å². The van der Waals surface area contributed by atoms with Crippen molar-refractivity contribution >= 4 is 27.5 Å².